The Morgan fingerprint density at radius 2 is 2.25 bits per heavy atom. The van der Waals surface area contributed by atoms with E-state index in [1.54, 1.807) is 17.4 Å². The largest absolute Gasteiger partial charge is 0.348 e. The number of aryl methyl sites for hydroxylation is 1. The molecule has 1 aromatic heterocycles. The Hall–Kier alpha value is -1.60. The van der Waals surface area contributed by atoms with E-state index in [9.17, 15) is 10.1 Å². The quantitative estimate of drug-likeness (QED) is 0.681. The summed E-state index contributed by atoms with van der Waals surface area (Å²) in [4.78, 5) is 13.2. The summed E-state index contributed by atoms with van der Waals surface area (Å²) >= 11 is 1.55. The van der Waals surface area contributed by atoms with E-state index in [1.807, 2.05) is 24.4 Å². The van der Waals surface area contributed by atoms with Crippen LogP contribution in [0.2, 0.25) is 0 Å². The summed E-state index contributed by atoms with van der Waals surface area (Å²) in [5, 5.41) is 14.2. The standard InChI is InChI=1S/C16H20N2OS/c1-11-5-3-4-6-14(11)18-16(19)13(10-17)9-15-12(2)7-8-20-15/h7-9,11,14H,3-6H2,1-2H3,(H,18,19)/b13-9-. The molecule has 0 aromatic carbocycles. The highest BCUT2D eigenvalue weighted by atomic mass is 32.1. The molecule has 2 rings (SSSR count). The average molecular weight is 288 g/mol. The molecular formula is C16H20N2OS. The maximum absolute atomic E-state index is 12.2. The first-order chi connectivity index (χ1) is 9.61. The summed E-state index contributed by atoms with van der Waals surface area (Å²) in [5.41, 5.74) is 1.30. The fraction of sp³-hybridized carbons (Fsp3) is 0.500. The minimum absolute atomic E-state index is 0.202. The van der Waals surface area contributed by atoms with E-state index in [0.29, 0.717) is 5.92 Å². The predicted octanol–water partition coefficient (Wildman–Crippen LogP) is 3.66. The zero-order chi connectivity index (χ0) is 14.5. The van der Waals surface area contributed by atoms with Gasteiger partial charge in [0.2, 0.25) is 0 Å². The molecule has 2 atom stereocenters. The van der Waals surface area contributed by atoms with Gasteiger partial charge in [-0.3, -0.25) is 4.79 Å². The number of hydrogen-bond donors (Lipinski definition) is 1. The topological polar surface area (TPSA) is 52.9 Å². The third-order valence-corrected chi connectivity index (χ3v) is 4.94. The zero-order valence-electron chi connectivity index (χ0n) is 12.0. The Morgan fingerprint density at radius 1 is 1.50 bits per heavy atom. The Balaban J connectivity index is 2.08. The molecule has 1 aliphatic carbocycles. The van der Waals surface area contributed by atoms with Crippen LogP contribution in [-0.4, -0.2) is 11.9 Å². The van der Waals surface area contributed by atoms with Crippen molar-refractivity contribution in [1.29, 1.82) is 5.26 Å². The van der Waals surface area contributed by atoms with Crippen LogP contribution in [0.5, 0.6) is 0 Å². The van der Waals surface area contributed by atoms with Crippen molar-refractivity contribution in [2.24, 2.45) is 5.92 Å². The minimum atomic E-state index is -0.237. The molecular weight excluding hydrogens is 268 g/mol. The van der Waals surface area contributed by atoms with Crippen molar-refractivity contribution in [3.63, 3.8) is 0 Å². The van der Waals surface area contributed by atoms with Crippen LogP contribution in [0.25, 0.3) is 6.08 Å². The van der Waals surface area contributed by atoms with Crippen molar-refractivity contribution < 1.29 is 4.79 Å². The summed E-state index contributed by atoms with van der Waals surface area (Å²) in [7, 11) is 0. The number of amides is 1. The highest BCUT2D eigenvalue weighted by molar-refractivity contribution is 7.11. The van der Waals surface area contributed by atoms with Crippen molar-refractivity contribution in [3.05, 3.63) is 27.5 Å². The molecule has 106 valence electrons. The molecule has 1 amide bonds. The summed E-state index contributed by atoms with van der Waals surface area (Å²) in [6, 6.07) is 4.23. The normalized spacial score (nSPS) is 23.1. The second-order valence-corrected chi connectivity index (χ2v) is 6.43. The van der Waals surface area contributed by atoms with Crippen LogP contribution >= 0.6 is 11.3 Å². The molecule has 0 aliphatic heterocycles. The number of rotatable bonds is 3. The van der Waals surface area contributed by atoms with E-state index < -0.39 is 0 Å². The van der Waals surface area contributed by atoms with Gasteiger partial charge in [0.1, 0.15) is 11.6 Å². The number of carbonyl (C=O) groups excluding carboxylic acids is 1. The van der Waals surface area contributed by atoms with E-state index in [4.69, 9.17) is 0 Å². The van der Waals surface area contributed by atoms with Crippen LogP contribution in [0, 0.1) is 24.2 Å². The minimum Gasteiger partial charge on any atom is -0.348 e. The van der Waals surface area contributed by atoms with Gasteiger partial charge in [-0.2, -0.15) is 5.26 Å². The number of nitrogens with one attached hydrogen (secondary N) is 1. The van der Waals surface area contributed by atoms with Gasteiger partial charge in [0.25, 0.3) is 5.91 Å². The number of thiophene rings is 1. The summed E-state index contributed by atoms with van der Waals surface area (Å²) in [5.74, 6) is 0.259. The Morgan fingerprint density at radius 3 is 2.85 bits per heavy atom. The molecule has 0 spiro atoms. The van der Waals surface area contributed by atoms with Gasteiger partial charge in [0, 0.05) is 10.9 Å². The van der Waals surface area contributed by atoms with Crippen LogP contribution in [0.15, 0.2) is 17.0 Å². The first-order valence-corrected chi connectivity index (χ1v) is 7.96. The summed E-state index contributed by atoms with van der Waals surface area (Å²) in [6.45, 7) is 4.15. The van der Waals surface area contributed by atoms with E-state index in [2.05, 4.69) is 12.2 Å². The second kappa shape index (κ2) is 6.71. The smallest absolute Gasteiger partial charge is 0.262 e. The molecule has 1 aliphatic rings. The van der Waals surface area contributed by atoms with Crippen molar-refractivity contribution in [2.75, 3.05) is 0 Å². The van der Waals surface area contributed by atoms with Gasteiger partial charge < -0.3 is 5.32 Å². The fourth-order valence-electron chi connectivity index (χ4n) is 2.59. The maximum atomic E-state index is 12.2. The Labute approximate surface area is 124 Å². The zero-order valence-corrected chi connectivity index (χ0v) is 12.8. The van der Waals surface area contributed by atoms with Gasteiger partial charge in [-0.25, -0.2) is 0 Å². The molecule has 2 unspecified atom stereocenters. The van der Waals surface area contributed by atoms with Gasteiger partial charge in [-0.1, -0.05) is 19.8 Å². The van der Waals surface area contributed by atoms with Crippen LogP contribution in [0.3, 0.4) is 0 Å². The number of hydrogen-bond acceptors (Lipinski definition) is 3. The molecule has 4 heteroatoms. The highest BCUT2D eigenvalue weighted by Crippen LogP contribution is 2.24. The van der Waals surface area contributed by atoms with E-state index in [0.717, 1.165) is 29.7 Å². The van der Waals surface area contributed by atoms with Gasteiger partial charge >= 0.3 is 0 Å². The van der Waals surface area contributed by atoms with E-state index in [1.165, 1.54) is 6.42 Å². The second-order valence-electron chi connectivity index (χ2n) is 5.48. The van der Waals surface area contributed by atoms with Crippen molar-refractivity contribution in [2.45, 2.75) is 45.6 Å². The SMILES string of the molecule is Cc1ccsc1/C=C(/C#N)C(=O)NC1CCCCC1C. The number of nitriles is 1. The van der Waals surface area contributed by atoms with Crippen molar-refractivity contribution >= 4 is 23.3 Å². The van der Waals surface area contributed by atoms with Crippen molar-refractivity contribution in [1.82, 2.24) is 5.32 Å². The molecule has 0 saturated heterocycles. The molecule has 1 saturated carbocycles. The summed E-state index contributed by atoms with van der Waals surface area (Å²) < 4.78 is 0. The van der Waals surface area contributed by atoms with Crippen LogP contribution in [0.4, 0.5) is 0 Å². The predicted molar refractivity (Wildman–Crippen MR) is 82.2 cm³/mol. The number of nitrogens with zero attached hydrogens (tertiary/aromatic N) is 1. The third kappa shape index (κ3) is 3.49. The van der Waals surface area contributed by atoms with E-state index in [-0.39, 0.29) is 17.5 Å². The monoisotopic (exact) mass is 288 g/mol. The molecule has 1 N–H and O–H groups in total. The molecule has 1 heterocycles. The average Bonchev–Trinajstić information content (AvgIpc) is 2.84. The van der Waals surface area contributed by atoms with Crippen LogP contribution in [-0.2, 0) is 4.79 Å². The lowest BCUT2D eigenvalue weighted by Crippen LogP contribution is -2.41. The van der Waals surface area contributed by atoms with Gasteiger partial charge in [0.05, 0.1) is 0 Å². The van der Waals surface area contributed by atoms with Gasteiger partial charge in [0.15, 0.2) is 0 Å². The summed E-state index contributed by atoms with van der Waals surface area (Å²) in [6.07, 6.45) is 6.26. The molecule has 3 nitrogen and oxygen atoms in total. The Kier molecular flexibility index (Phi) is 4.97. The molecule has 0 bridgehead atoms. The van der Waals surface area contributed by atoms with Gasteiger partial charge in [-0.05, 0) is 48.8 Å². The van der Waals surface area contributed by atoms with Crippen LogP contribution < -0.4 is 5.32 Å². The lowest BCUT2D eigenvalue weighted by Gasteiger charge is -2.29. The first kappa shape index (κ1) is 14.8. The maximum Gasteiger partial charge on any atom is 0.262 e. The lowest BCUT2D eigenvalue weighted by molar-refractivity contribution is -0.118. The molecule has 0 radical (unpaired) electrons. The molecule has 1 fully saturated rings. The van der Waals surface area contributed by atoms with Crippen molar-refractivity contribution in [3.8, 4) is 6.07 Å². The molecule has 1 aromatic rings. The molecule has 20 heavy (non-hydrogen) atoms. The third-order valence-electron chi connectivity index (χ3n) is 3.97. The van der Waals surface area contributed by atoms with E-state index >= 15 is 0 Å². The fourth-order valence-corrected chi connectivity index (χ4v) is 3.45. The first-order valence-electron chi connectivity index (χ1n) is 7.08. The number of carbonyl (C=O) groups is 1. The van der Waals surface area contributed by atoms with Gasteiger partial charge in [-0.15, -0.1) is 11.3 Å². The highest BCUT2D eigenvalue weighted by Gasteiger charge is 2.24. The van der Waals surface area contributed by atoms with Crippen LogP contribution in [0.1, 0.15) is 43.0 Å². The Bertz CT molecular complexity index is 553. The lowest BCUT2D eigenvalue weighted by atomic mass is 9.86.